The molecule has 3 heteroatoms. The third kappa shape index (κ3) is 3.12. The monoisotopic (exact) mass is 258 g/mol. The lowest BCUT2D eigenvalue weighted by Gasteiger charge is -2.15. The van der Waals surface area contributed by atoms with Gasteiger partial charge in [0.1, 0.15) is 5.82 Å². The average molecular weight is 258 g/mol. The molecule has 0 aliphatic carbocycles. The molecule has 19 heavy (non-hydrogen) atoms. The van der Waals surface area contributed by atoms with Crippen LogP contribution in [0.5, 0.6) is 0 Å². The van der Waals surface area contributed by atoms with Crippen LogP contribution in [0.4, 0.5) is 15.8 Å². The molecule has 2 nitrogen and oxygen atoms in total. The van der Waals surface area contributed by atoms with Crippen LogP contribution in [0.2, 0.25) is 0 Å². The number of anilines is 2. The Morgan fingerprint density at radius 3 is 2.53 bits per heavy atom. The lowest BCUT2D eigenvalue weighted by atomic mass is 10.1. The highest BCUT2D eigenvalue weighted by Crippen LogP contribution is 2.26. The molecule has 2 aromatic rings. The highest BCUT2D eigenvalue weighted by molar-refractivity contribution is 5.66. The Labute approximate surface area is 113 Å². The average Bonchev–Trinajstić information content (AvgIpc) is 2.43. The second kappa shape index (κ2) is 6.34. The second-order valence-corrected chi connectivity index (χ2v) is 4.44. The van der Waals surface area contributed by atoms with E-state index >= 15 is 0 Å². The molecule has 0 unspecified atom stereocenters. The Kier molecular flexibility index (Phi) is 4.53. The highest BCUT2D eigenvalue weighted by atomic mass is 19.1. The summed E-state index contributed by atoms with van der Waals surface area (Å²) in [4.78, 5) is 0. The minimum absolute atomic E-state index is 0.204. The predicted molar refractivity (Wildman–Crippen MR) is 78.3 cm³/mol. The highest BCUT2D eigenvalue weighted by Gasteiger charge is 2.09. The Morgan fingerprint density at radius 1 is 1.05 bits per heavy atom. The van der Waals surface area contributed by atoms with E-state index in [1.807, 2.05) is 24.3 Å². The fourth-order valence-corrected chi connectivity index (χ4v) is 2.17. The van der Waals surface area contributed by atoms with Gasteiger partial charge in [-0.1, -0.05) is 31.2 Å². The van der Waals surface area contributed by atoms with Crippen LogP contribution in [0.1, 0.15) is 18.1 Å². The molecule has 0 aliphatic heterocycles. The van der Waals surface area contributed by atoms with Crippen LogP contribution < -0.4 is 11.1 Å². The van der Waals surface area contributed by atoms with Gasteiger partial charge < -0.3 is 11.1 Å². The maximum absolute atomic E-state index is 13.8. The molecule has 0 spiro atoms. The summed E-state index contributed by atoms with van der Waals surface area (Å²) in [7, 11) is 0. The van der Waals surface area contributed by atoms with E-state index in [0.29, 0.717) is 18.5 Å². The number of hydrogen-bond donors (Lipinski definition) is 2. The fraction of sp³-hybridized carbons (Fsp3) is 0.250. The van der Waals surface area contributed by atoms with E-state index in [9.17, 15) is 4.39 Å². The standard InChI is InChI=1S/C16H19FN2/c1-2-12-6-3-4-8-15(12)19-16-9-5-7-14(17)13(16)10-11-18/h3-9,19H,2,10-11,18H2,1H3. The number of rotatable bonds is 5. The summed E-state index contributed by atoms with van der Waals surface area (Å²) in [6.07, 6.45) is 1.47. The van der Waals surface area contributed by atoms with E-state index in [1.54, 1.807) is 6.07 Å². The summed E-state index contributed by atoms with van der Waals surface area (Å²) in [6, 6.07) is 13.1. The molecule has 3 N–H and O–H groups in total. The topological polar surface area (TPSA) is 38.0 Å². The van der Waals surface area contributed by atoms with E-state index in [2.05, 4.69) is 18.3 Å². The Bertz CT molecular complexity index is 552. The van der Waals surface area contributed by atoms with Crippen LogP contribution in [-0.4, -0.2) is 6.54 Å². The number of para-hydroxylation sites is 1. The largest absolute Gasteiger partial charge is 0.355 e. The normalized spacial score (nSPS) is 10.5. The van der Waals surface area contributed by atoms with E-state index in [-0.39, 0.29) is 5.82 Å². The zero-order valence-corrected chi connectivity index (χ0v) is 11.1. The van der Waals surface area contributed by atoms with Crippen LogP contribution in [0.3, 0.4) is 0 Å². The van der Waals surface area contributed by atoms with Gasteiger partial charge in [0.15, 0.2) is 0 Å². The van der Waals surface area contributed by atoms with Crippen molar-refractivity contribution in [2.24, 2.45) is 5.73 Å². The van der Waals surface area contributed by atoms with Gasteiger partial charge in [0.05, 0.1) is 0 Å². The van der Waals surface area contributed by atoms with Gasteiger partial charge in [-0.15, -0.1) is 0 Å². The first kappa shape index (κ1) is 13.6. The van der Waals surface area contributed by atoms with Crippen molar-refractivity contribution < 1.29 is 4.39 Å². The summed E-state index contributed by atoms with van der Waals surface area (Å²) < 4.78 is 13.8. The van der Waals surface area contributed by atoms with E-state index in [0.717, 1.165) is 17.8 Å². The van der Waals surface area contributed by atoms with E-state index < -0.39 is 0 Å². The van der Waals surface area contributed by atoms with Gasteiger partial charge in [-0.2, -0.15) is 0 Å². The number of halogens is 1. The van der Waals surface area contributed by atoms with Gasteiger partial charge in [-0.05, 0) is 43.1 Å². The number of aryl methyl sites for hydroxylation is 1. The van der Waals surface area contributed by atoms with Crippen LogP contribution in [0, 0.1) is 5.82 Å². The molecule has 100 valence electrons. The first-order valence-corrected chi connectivity index (χ1v) is 6.58. The van der Waals surface area contributed by atoms with Crippen molar-refractivity contribution in [1.82, 2.24) is 0 Å². The summed E-state index contributed by atoms with van der Waals surface area (Å²) >= 11 is 0. The number of nitrogens with two attached hydrogens (primary N) is 1. The predicted octanol–water partition coefficient (Wildman–Crippen LogP) is 3.63. The summed E-state index contributed by atoms with van der Waals surface area (Å²) in [6.45, 7) is 2.54. The molecular formula is C16H19FN2. The van der Waals surface area contributed by atoms with Gasteiger partial charge >= 0.3 is 0 Å². The molecule has 0 aromatic heterocycles. The zero-order chi connectivity index (χ0) is 13.7. The molecule has 0 amide bonds. The molecule has 0 radical (unpaired) electrons. The molecule has 0 saturated carbocycles. The van der Waals surface area contributed by atoms with Gasteiger partial charge in [0.25, 0.3) is 0 Å². The smallest absolute Gasteiger partial charge is 0.128 e. The summed E-state index contributed by atoms with van der Waals surface area (Å²) in [5, 5.41) is 3.32. The van der Waals surface area contributed by atoms with E-state index in [4.69, 9.17) is 5.73 Å². The molecule has 2 aromatic carbocycles. The first-order valence-electron chi connectivity index (χ1n) is 6.58. The molecule has 0 fully saturated rings. The number of hydrogen-bond acceptors (Lipinski definition) is 2. The van der Waals surface area contributed by atoms with Crippen molar-refractivity contribution in [2.75, 3.05) is 11.9 Å². The van der Waals surface area contributed by atoms with Crippen LogP contribution in [0.25, 0.3) is 0 Å². The first-order chi connectivity index (χ1) is 9.26. The maximum Gasteiger partial charge on any atom is 0.128 e. The van der Waals surface area contributed by atoms with Gasteiger partial charge in [-0.25, -0.2) is 4.39 Å². The molecular weight excluding hydrogens is 239 g/mol. The zero-order valence-electron chi connectivity index (χ0n) is 11.1. The van der Waals surface area contributed by atoms with Crippen molar-refractivity contribution in [3.63, 3.8) is 0 Å². The minimum atomic E-state index is -0.204. The second-order valence-electron chi connectivity index (χ2n) is 4.44. The minimum Gasteiger partial charge on any atom is -0.355 e. The van der Waals surface area contributed by atoms with E-state index in [1.165, 1.54) is 11.6 Å². The SMILES string of the molecule is CCc1ccccc1Nc1cccc(F)c1CCN. The third-order valence-corrected chi connectivity index (χ3v) is 3.18. The van der Waals surface area contributed by atoms with Crippen LogP contribution in [0.15, 0.2) is 42.5 Å². The van der Waals surface area contributed by atoms with Crippen molar-refractivity contribution in [3.8, 4) is 0 Å². The summed E-state index contributed by atoms with van der Waals surface area (Å²) in [5.41, 5.74) is 9.24. The third-order valence-electron chi connectivity index (χ3n) is 3.18. The summed E-state index contributed by atoms with van der Waals surface area (Å²) in [5.74, 6) is -0.204. The quantitative estimate of drug-likeness (QED) is 0.859. The number of benzene rings is 2. The maximum atomic E-state index is 13.8. The lowest BCUT2D eigenvalue weighted by Crippen LogP contribution is -2.07. The van der Waals surface area contributed by atoms with Crippen LogP contribution in [-0.2, 0) is 12.8 Å². The molecule has 0 heterocycles. The Morgan fingerprint density at radius 2 is 1.79 bits per heavy atom. The van der Waals surface area contributed by atoms with Crippen molar-refractivity contribution in [1.29, 1.82) is 0 Å². The van der Waals surface area contributed by atoms with Crippen molar-refractivity contribution in [2.45, 2.75) is 19.8 Å². The molecule has 0 saturated heterocycles. The Balaban J connectivity index is 2.35. The van der Waals surface area contributed by atoms with Gasteiger partial charge in [-0.3, -0.25) is 0 Å². The molecule has 0 atom stereocenters. The fourth-order valence-electron chi connectivity index (χ4n) is 2.17. The molecule has 2 rings (SSSR count). The number of nitrogens with one attached hydrogen (secondary N) is 1. The van der Waals surface area contributed by atoms with Crippen molar-refractivity contribution in [3.05, 3.63) is 59.4 Å². The van der Waals surface area contributed by atoms with Gasteiger partial charge in [0.2, 0.25) is 0 Å². The van der Waals surface area contributed by atoms with Crippen molar-refractivity contribution >= 4 is 11.4 Å². The molecule has 0 aliphatic rings. The Hall–Kier alpha value is -1.87. The van der Waals surface area contributed by atoms with Gasteiger partial charge in [0, 0.05) is 16.9 Å². The lowest BCUT2D eigenvalue weighted by molar-refractivity contribution is 0.610. The van der Waals surface area contributed by atoms with Crippen LogP contribution >= 0.6 is 0 Å². The molecule has 0 bridgehead atoms.